The van der Waals surface area contributed by atoms with Crippen LogP contribution in [-0.4, -0.2) is 19.7 Å². The smallest absolute Gasteiger partial charge is 0.185 e. The first-order valence-corrected chi connectivity index (χ1v) is 13.2. The Morgan fingerprint density at radius 2 is 1.30 bits per heavy atom. The van der Waals surface area contributed by atoms with Crippen molar-refractivity contribution < 1.29 is 9.22 Å². The lowest BCUT2D eigenvalue weighted by molar-refractivity contribution is -0.132. The molecule has 1 aliphatic rings. The molecule has 0 amide bonds. The summed E-state index contributed by atoms with van der Waals surface area (Å²) in [6, 6.07) is 0. The van der Waals surface area contributed by atoms with Crippen LogP contribution in [0.1, 0.15) is 83.5 Å². The van der Waals surface area contributed by atoms with Gasteiger partial charge in [-0.2, -0.15) is 0 Å². The van der Waals surface area contributed by atoms with Gasteiger partial charge in [0.15, 0.2) is 14.1 Å². The third kappa shape index (κ3) is 8.30. The monoisotopic (exact) mass is 338 g/mol. The van der Waals surface area contributed by atoms with Crippen LogP contribution in [-0.2, 0) is 9.22 Å². The maximum Gasteiger partial charge on any atom is 0.185 e. The molecule has 2 nitrogen and oxygen atoms in total. The summed E-state index contributed by atoms with van der Waals surface area (Å²) in [6.45, 7) is 10.5. The summed E-state index contributed by atoms with van der Waals surface area (Å²) >= 11 is 0. The van der Waals surface area contributed by atoms with Crippen molar-refractivity contribution in [2.45, 2.75) is 109 Å². The van der Waals surface area contributed by atoms with Gasteiger partial charge in [0.1, 0.15) is 5.60 Å². The summed E-state index contributed by atoms with van der Waals surface area (Å²) in [5, 5.41) is 0. The van der Waals surface area contributed by atoms with E-state index in [0.29, 0.717) is 6.42 Å². The average molecular weight is 339 g/mol. The minimum Gasteiger partial charge on any atom is -0.402 e. The lowest BCUT2D eigenvalue weighted by atomic mass is 9.88. The van der Waals surface area contributed by atoms with Crippen LogP contribution in [0.15, 0.2) is 12.7 Å². The lowest BCUT2D eigenvalue weighted by Gasteiger charge is -2.36. The van der Waals surface area contributed by atoms with Crippen molar-refractivity contribution in [3.05, 3.63) is 12.7 Å². The molecule has 1 unspecified atom stereocenters. The Morgan fingerprint density at radius 1 is 0.870 bits per heavy atom. The molecule has 0 radical (unpaired) electrons. The molecule has 1 aliphatic carbocycles. The molecule has 0 aromatic rings. The van der Waals surface area contributed by atoms with Crippen molar-refractivity contribution in [3.63, 3.8) is 0 Å². The number of rotatable bonds is 3. The van der Waals surface area contributed by atoms with E-state index < -0.39 is 13.9 Å². The van der Waals surface area contributed by atoms with Crippen LogP contribution in [0.25, 0.3) is 0 Å². The molecular formula is C20H38O2Si. The first-order valence-electron chi connectivity index (χ1n) is 9.77. The fraction of sp³-hybridized carbons (Fsp3) is 0.850. The van der Waals surface area contributed by atoms with Gasteiger partial charge in [-0.25, -0.2) is 0 Å². The van der Waals surface area contributed by atoms with Crippen LogP contribution in [0.2, 0.25) is 19.6 Å². The van der Waals surface area contributed by atoms with E-state index in [9.17, 15) is 4.79 Å². The molecule has 134 valence electrons. The van der Waals surface area contributed by atoms with E-state index >= 15 is 0 Å². The van der Waals surface area contributed by atoms with Crippen LogP contribution < -0.4 is 0 Å². The van der Waals surface area contributed by atoms with Crippen molar-refractivity contribution in [1.82, 2.24) is 0 Å². The van der Waals surface area contributed by atoms with Crippen LogP contribution in [0.3, 0.4) is 0 Å². The number of carbonyl (C=O) groups is 1. The average Bonchev–Trinajstić information content (AvgIpc) is 2.49. The zero-order valence-corrected chi connectivity index (χ0v) is 16.8. The summed E-state index contributed by atoms with van der Waals surface area (Å²) in [5.41, 5.74) is -0.718. The fourth-order valence-electron chi connectivity index (χ4n) is 3.53. The lowest BCUT2D eigenvalue weighted by Crippen LogP contribution is -2.47. The molecule has 0 spiro atoms. The van der Waals surface area contributed by atoms with Gasteiger partial charge in [0.2, 0.25) is 0 Å². The second kappa shape index (κ2) is 10.5. The van der Waals surface area contributed by atoms with E-state index in [2.05, 4.69) is 26.2 Å². The molecule has 0 N–H and O–H groups in total. The van der Waals surface area contributed by atoms with Gasteiger partial charge in [-0.05, 0) is 38.9 Å². The van der Waals surface area contributed by atoms with E-state index in [0.717, 1.165) is 19.3 Å². The standard InChI is InChI=1S/C20H38O2Si/c1-5-20(22-23(2,3)4)18-16-14-12-10-8-6-7-9-11-13-15-17-19(20)21/h5H,1,6-18H2,2-4H3. The van der Waals surface area contributed by atoms with Crippen LogP contribution in [0.5, 0.6) is 0 Å². The molecule has 1 rings (SSSR count). The second-order valence-corrected chi connectivity index (χ2v) is 12.5. The summed E-state index contributed by atoms with van der Waals surface area (Å²) < 4.78 is 6.38. The first kappa shape index (κ1) is 20.6. The molecular weight excluding hydrogens is 300 g/mol. The number of Topliss-reactive ketones (excluding diaryl/α,β-unsaturated/α-hetero) is 1. The Kier molecular flexibility index (Phi) is 9.37. The highest BCUT2D eigenvalue weighted by atomic mass is 28.4. The van der Waals surface area contributed by atoms with Crippen molar-refractivity contribution in [3.8, 4) is 0 Å². The van der Waals surface area contributed by atoms with Crippen molar-refractivity contribution in [2.75, 3.05) is 0 Å². The molecule has 1 fully saturated rings. The number of hydrogen-bond donors (Lipinski definition) is 0. The van der Waals surface area contributed by atoms with E-state index in [-0.39, 0.29) is 5.78 Å². The highest BCUT2D eigenvalue weighted by Crippen LogP contribution is 2.29. The maximum atomic E-state index is 12.9. The number of hydrogen-bond acceptors (Lipinski definition) is 2. The van der Waals surface area contributed by atoms with E-state index in [4.69, 9.17) is 4.43 Å². The van der Waals surface area contributed by atoms with Crippen LogP contribution >= 0.6 is 0 Å². The molecule has 1 atom stereocenters. The molecule has 0 aromatic heterocycles. The normalized spacial score (nSPS) is 27.0. The number of ketones is 1. The van der Waals surface area contributed by atoms with Gasteiger partial charge in [-0.3, -0.25) is 4.79 Å². The van der Waals surface area contributed by atoms with Crippen LogP contribution in [0, 0.1) is 0 Å². The fourth-order valence-corrected chi connectivity index (χ4v) is 4.92. The number of carbonyl (C=O) groups excluding carboxylic acids is 1. The minimum absolute atomic E-state index is 0.268. The third-order valence-corrected chi connectivity index (χ3v) is 5.72. The molecule has 0 bridgehead atoms. The van der Waals surface area contributed by atoms with Crippen LogP contribution in [0.4, 0.5) is 0 Å². The highest BCUT2D eigenvalue weighted by Gasteiger charge is 2.38. The van der Waals surface area contributed by atoms with Gasteiger partial charge in [0, 0.05) is 6.42 Å². The zero-order valence-electron chi connectivity index (χ0n) is 15.8. The Balaban J connectivity index is 2.75. The molecule has 0 aromatic carbocycles. The Labute approximate surface area is 145 Å². The zero-order chi connectivity index (χ0) is 17.2. The molecule has 0 aliphatic heterocycles. The predicted octanol–water partition coefficient (Wildman–Crippen LogP) is 6.42. The first-order chi connectivity index (χ1) is 10.9. The van der Waals surface area contributed by atoms with Gasteiger partial charge < -0.3 is 4.43 Å². The molecule has 0 heterocycles. The third-order valence-electron chi connectivity index (χ3n) is 4.74. The summed E-state index contributed by atoms with van der Waals surface area (Å²) in [7, 11) is -1.79. The van der Waals surface area contributed by atoms with Gasteiger partial charge in [0.25, 0.3) is 0 Å². The molecule has 3 heteroatoms. The Morgan fingerprint density at radius 3 is 1.74 bits per heavy atom. The van der Waals surface area contributed by atoms with E-state index in [1.165, 1.54) is 57.8 Å². The maximum absolute atomic E-state index is 12.9. The van der Waals surface area contributed by atoms with Gasteiger partial charge in [-0.1, -0.05) is 70.4 Å². The summed E-state index contributed by atoms with van der Waals surface area (Å²) in [5.74, 6) is 0.268. The minimum atomic E-state index is -1.79. The highest BCUT2D eigenvalue weighted by molar-refractivity contribution is 6.70. The van der Waals surface area contributed by atoms with Gasteiger partial charge >= 0.3 is 0 Å². The van der Waals surface area contributed by atoms with E-state index in [1.807, 2.05) is 6.08 Å². The second-order valence-electron chi connectivity index (χ2n) is 8.12. The quantitative estimate of drug-likeness (QED) is 0.438. The van der Waals surface area contributed by atoms with Crippen molar-refractivity contribution >= 4 is 14.1 Å². The topological polar surface area (TPSA) is 26.3 Å². The van der Waals surface area contributed by atoms with Crippen molar-refractivity contribution in [1.29, 1.82) is 0 Å². The van der Waals surface area contributed by atoms with Gasteiger partial charge in [0.05, 0.1) is 0 Å². The SMILES string of the molecule is C=CC1(O[Si](C)(C)C)CCCCCCCCCCCCCC1=O. The van der Waals surface area contributed by atoms with Gasteiger partial charge in [-0.15, -0.1) is 0 Å². The van der Waals surface area contributed by atoms with E-state index in [1.54, 1.807) is 0 Å². The Hall–Kier alpha value is -0.413. The summed E-state index contributed by atoms with van der Waals surface area (Å²) in [4.78, 5) is 12.9. The molecule has 23 heavy (non-hydrogen) atoms. The Bertz CT molecular complexity index is 359. The molecule has 0 saturated heterocycles. The molecule has 1 saturated carbocycles. The largest absolute Gasteiger partial charge is 0.402 e. The summed E-state index contributed by atoms with van der Waals surface area (Å²) in [6.07, 6.45) is 17.1. The predicted molar refractivity (Wildman–Crippen MR) is 102 cm³/mol. The van der Waals surface area contributed by atoms with Crippen molar-refractivity contribution in [2.24, 2.45) is 0 Å².